The van der Waals surface area contributed by atoms with Gasteiger partial charge in [-0.2, -0.15) is 0 Å². The van der Waals surface area contributed by atoms with Crippen LogP contribution in [0.15, 0.2) is 47.6 Å². The molecule has 0 aliphatic rings. The van der Waals surface area contributed by atoms with Crippen molar-refractivity contribution in [2.45, 2.75) is 58.8 Å². The quantitative estimate of drug-likeness (QED) is 0.378. The SMILES string of the molecule is CCOc1ccc(NC(=O)CSc2nnc(COc3cc(C)ccc3C(C)C)n2CC)cc1. The first-order chi connectivity index (χ1) is 15.9. The van der Waals surface area contributed by atoms with E-state index in [0.717, 1.165) is 28.6 Å². The lowest BCUT2D eigenvalue weighted by Gasteiger charge is -2.15. The largest absolute Gasteiger partial charge is 0.494 e. The van der Waals surface area contributed by atoms with Gasteiger partial charge < -0.3 is 19.4 Å². The molecule has 8 heteroatoms. The van der Waals surface area contributed by atoms with Crippen molar-refractivity contribution in [2.75, 3.05) is 17.7 Å². The summed E-state index contributed by atoms with van der Waals surface area (Å²) in [5, 5.41) is 12.2. The molecule has 7 nitrogen and oxygen atoms in total. The van der Waals surface area contributed by atoms with E-state index in [1.807, 2.05) is 42.7 Å². The first-order valence-corrected chi connectivity index (χ1v) is 12.2. The number of carbonyl (C=O) groups excluding carboxylic acids is 1. The standard InChI is InChI=1S/C25H32N4O3S/c1-6-29-23(15-32-22-14-18(5)8-13-21(22)17(3)4)27-28-25(29)33-16-24(30)26-19-9-11-20(12-10-19)31-7-2/h8-14,17H,6-7,15-16H2,1-5H3,(H,26,30). The zero-order chi connectivity index (χ0) is 23.8. The molecule has 176 valence electrons. The predicted octanol–water partition coefficient (Wildman–Crippen LogP) is 5.44. The third-order valence-electron chi connectivity index (χ3n) is 5.04. The normalized spacial score (nSPS) is 11.0. The van der Waals surface area contributed by atoms with E-state index in [1.165, 1.54) is 17.3 Å². The zero-order valence-corrected chi connectivity index (χ0v) is 20.7. The van der Waals surface area contributed by atoms with Crippen molar-refractivity contribution in [1.82, 2.24) is 14.8 Å². The zero-order valence-electron chi connectivity index (χ0n) is 19.9. The molecule has 1 N–H and O–H groups in total. The Morgan fingerprint density at radius 1 is 1.09 bits per heavy atom. The number of hydrogen-bond donors (Lipinski definition) is 1. The Morgan fingerprint density at radius 2 is 1.85 bits per heavy atom. The molecule has 0 aliphatic heterocycles. The fourth-order valence-electron chi connectivity index (χ4n) is 3.36. The fourth-order valence-corrected chi connectivity index (χ4v) is 4.19. The van der Waals surface area contributed by atoms with Gasteiger partial charge in [0.25, 0.3) is 0 Å². The second-order valence-electron chi connectivity index (χ2n) is 7.92. The maximum absolute atomic E-state index is 12.4. The van der Waals surface area contributed by atoms with E-state index in [2.05, 4.69) is 54.5 Å². The number of carbonyl (C=O) groups is 1. The van der Waals surface area contributed by atoms with Crippen molar-refractivity contribution in [2.24, 2.45) is 0 Å². The highest BCUT2D eigenvalue weighted by Gasteiger charge is 2.15. The van der Waals surface area contributed by atoms with Gasteiger partial charge in [0.2, 0.25) is 5.91 Å². The number of benzene rings is 2. The minimum Gasteiger partial charge on any atom is -0.494 e. The molecule has 1 aromatic heterocycles. The number of rotatable bonds is 11. The molecule has 33 heavy (non-hydrogen) atoms. The molecule has 2 aromatic carbocycles. The summed E-state index contributed by atoms with van der Waals surface area (Å²) in [5.74, 6) is 2.89. The van der Waals surface area contributed by atoms with Crippen LogP contribution in [0.4, 0.5) is 5.69 Å². The summed E-state index contributed by atoms with van der Waals surface area (Å²) in [7, 11) is 0. The van der Waals surface area contributed by atoms with Crippen LogP contribution < -0.4 is 14.8 Å². The average molecular weight is 469 g/mol. The molecule has 1 amide bonds. The van der Waals surface area contributed by atoms with E-state index in [-0.39, 0.29) is 11.7 Å². The molecule has 0 spiro atoms. The summed E-state index contributed by atoms with van der Waals surface area (Å²) in [6.07, 6.45) is 0. The number of thioether (sulfide) groups is 1. The van der Waals surface area contributed by atoms with Gasteiger partial charge in [-0.15, -0.1) is 10.2 Å². The maximum Gasteiger partial charge on any atom is 0.234 e. The Kier molecular flexibility index (Phi) is 8.77. The highest BCUT2D eigenvalue weighted by Crippen LogP contribution is 2.28. The van der Waals surface area contributed by atoms with Crippen molar-refractivity contribution in [3.8, 4) is 11.5 Å². The molecule has 0 fully saturated rings. The van der Waals surface area contributed by atoms with E-state index < -0.39 is 0 Å². The van der Waals surface area contributed by atoms with Crippen molar-refractivity contribution >= 4 is 23.4 Å². The highest BCUT2D eigenvalue weighted by molar-refractivity contribution is 7.99. The van der Waals surface area contributed by atoms with Gasteiger partial charge in [0.1, 0.15) is 18.1 Å². The van der Waals surface area contributed by atoms with Crippen LogP contribution in [-0.4, -0.2) is 33.0 Å². The topological polar surface area (TPSA) is 78.3 Å². The van der Waals surface area contributed by atoms with E-state index in [0.29, 0.717) is 30.8 Å². The van der Waals surface area contributed by atoms with Crippen LogP contribution in [-0.2, 0) is 17.9 Å². The second kappa shape index (κ2) is 11.7. The molecule has 0 aliphatic carbocycles. The van der Waals surface area contributed by atoms with Crippen molar-refractivity contribution in [1.29, 1.82) is 0 Å². The van der Waals surface area contributed by atoms with Gasteiger partial charge in [0.15, 0.2) is 11.0 Å². The predicted molar refractivity (Wildman–Crippen MR) is 132 cm³/mol. The first kappa shape index (κ1) is 24.6. The van der Waals surface area contributed by atoms with E-state index in [9.17, 15) is 4.79 Å². The Bertz CT molecular complexity index is 1060. The van der Waals surface area contributed by atoms with Crippen LogP contribution in [0.3, 0.4) is 0 Å². The van der Waals surface area contributed by atoms with E-state index >= 15 is 0 Å². The van der Waals surface area contributed by atoms with Gasteiger partial charge in [-0.3, -0.25) is 4.79 Å². The first-order valence-electron chi connectivity index (χ1n) is 11.2. The number of aromatic nitrogens is 3. The van der Waals surface area contributed by atoms with Gasteiger partial charge >= 0.3 is 0 Å². The van der Waals surface area contributed by atoms with Gasteiger partial charge in [0, 0.05) is 12.2 Å². The molecule has 1 heterocycles. The van der Waals surface area contributed by atoms with Crippen LogP contribution in [0.5, 0.6) is 11.5 Å². The van der Waals surface area contributed by atoms with Crippen LogP contribution in [0.1, 0.15) is 50.6 Å². The van der Waals surface area contributed by atoms with Crippen LogP contribution >= 0.6 is 11.8 Å². The molecule has 3 aromatic rings. The lowest BCUT2D eigenvalue weighted by molar-refractivity contribution is -0.113. The van der Waals surface area contributed by atoms with E-state index in [1.54, 1.807) is 0 Å². The van der Waals surface area contributed by atoms with Crippen LogP contribution in [0, 0.1) is 6.92 Å². The summed E-state index contributed by atoms with van der Waals surface area (Å²) in [6, 6.07) is 13.6. The smallest absolute Gasteiger partial charge is 0.234 e. The van der Waals surface area contributed by atoms with Crippen LogP contribution in [0.2, 0.25) is 0 Å². The molecule has 3 rings (SSSR count). The molecule has 0 saturated heterocycles. The van der Waals surface area contributed by atoms with Crippen LogP contribution in [0.25, 0.3) is 0 Å². The monoisotopic (exact) mass is 468 g/mol. The summed E-state index contributed by atoms with van der Waals surface area (Å²) < 4.78 is 13.5. The Hall–Kier alpha value is -3.00. The number of aryl methyl sites for hydroxylation is 1. The third kappa shape index (κ3) is 6.74. The number of amides is 1. The summed E-state index contributed by atoms with van der Waals surface area (Å²) >= 11 is 1.36. The summed E-state index contributed by atoms with van der Waals surface area (Å²) in [4.78, 5) is 12.4. The van der Waals surface area contributed by atoms with Crippen molar-refractivity contribution < 1.29 is 14.3 Å². The highest BCUT2D eigenvalue weighted by atomic mass is 32.2. The Balaban J connectivity index is 1.59. The van der Waals surface area contributed by atoms with Crippen molar-refractivity contribution in [3.63, 3.8) is 0 Å². The molecule has 0 atom stereocenters. The number of nitrogens with zero attached hydrogens (tertiary/aromatic N) is 3. The molecule has 0 saturated carbocycles. The number of nitrogens with one attached hydrogen (secondary N) is 1. The summed E-state index contributed by atoms with van der Waals surface area (Å²) in [6.45, 7) is 11.9. The van der Waals surface area contributed by atoms with Gasteiger partial charge in [-0.1, -0.05) is 37.7 Å². The minimum absolute atomic E-state index is 0.103. The molecular formula is C25H32N4O3S. The Labute approximate surface area is 199 Å². The summed E-state index contributed by atoms with van der Waals surface area (Å²) in [5.41, 5.74) is 3.05. The lowest BCUT2D eigenvalue weighted by atomic mass is 10.0. The molecule has 0 radical (unpaired) electrons. The molecule has 0 bridgehead atoms. The third-order valence-corrected chi connectivity index (χ3v) is 6.01. The van der Waals surface area contributed by atoms with Gasteiger partial charge in [0.05, 0.1) is 12.4 Å². The maximum atomic E-state index is 12.4. The Morgan fingerprint density at radius 3 is 2.52 bits per heavy atom. The average Bonchev–Trinajstić information content (AvgIpc) is 3.19. The molecule has 0 unspecified atom stereocenters. The molecular weight excluding hydrogens is 436 g/mol. The number of ether oxygens (including phenoxy) is 2. The second-order valence-corrected chi connectivity index (χ2v) is 8.86. The lowest BCUT2D eigenvalue weighted by Crippen LogP contribution is -2.15. The number of hydrogen-bond acceptors (Lipinski definition) is 6. The van der Waals surface area contributed by atoms with Gasteiger partial charge in [-0.05, 0) is 68.1 Å². The van der Waals surface area contributed by atoms with Crippen molar-refractivity contribution in [3.05, 3.63) is 59.4 Å². The van der Waals surface area contributed by atoms with Gasteiger partial charge in [-0.25, -0.2) is 0 Å². The fraction of sp³-hybridized carbons (Fsp3) is 0.400. The van der Waals surface area contributed by atoms with E-state index in [4.69, 9.17) is 9.47 Å². The minimum atomic E-state index is -0.103. The number of anilines is 1.